The summed E-state index contributed by atoms with van der Waals surface area (Å²) in [6, 6.07) is 0. The zero-order valence-electron chi connectivity index (χ0n) is 5.63. The number of aryl methyl sites for hydroxylation is 2. The second kappa shape index (κ2) is 2.43. The molecule has 0 unspecified atom stereocenters. The van der Waals surface area contributed by atoms with Crippen LogP contribution in [0, 0.1) is 6.92 Å². The fourth-order valence-corrected chi connectivity index (χ4v) is 1.11. The van der Waals surface area contributed by atoms with Gasteiger partial charge in [-0.1, -0.05) is 0 Å². The topological polar surface area (TPSA) is 17.8 Å². The molecule has 0 aliphatic carbocycles. The van der Waals surface area contributed by atoms with Gasteiger partial charge in [0, 0.05) is 19.0 Å². The van der Waals surface area contributed by atoms with E-state index in [1.165, 1.54) is 0 Å². The molecule has 50 valence electrons. The molecular weight excluding hydrogens is 132 g/mol. The van der Waals surface area contributed by atoms with Gasteiger partial charge in [0.25, 0.3) is 0 Å². The number of rotatable bonds is 1. The number of aromatic nitrogens is 2. The first-order chi connectivity index (χ1) is 4.24. The zero-order valence-corrected chi connectivity index (χ0v) is 6.52. The average Bonchev–Trinajstić information content (AvgIpc) is 2.10. The second-order valence-corrected chi connectivity index (χ2v) is 2.38. The van der Waals surface area contributed by atoms with E-state index in [4.69, 9.17) is 0 Å². The van der Waals surface area contributed by atoms with Crippen molar-refractivity contribution in [2.75, 3.05) is 0 Å². The van der Waals surface area contributed by atoms with E-state index in [1.54, 1.807) is 0 Å². The van der Waals surface area contributed by atoms with Gasteiger partial charge in [-0.25, -0.2) is 4.98 Å². The number of thiol groups is 1. The Balaban J connectivity index is 3.01. The Bertz CT molecular complexity index is 205. The van der Waals surface area contributed by atoms with Crippen LogP contribution in [0.4, 0.5) is 0 Å². The van der Waals surface area contributed by atoms with Gasteiger partial charge in [-0.2, -0.15) is 12.6 Å². The van der Waals surface area contributed by atoms with E-state index in [2.05, 4.69) is 17.6 Å². The molecule has 0 amide bonds. The van der Waals surface area contributed by atoms with Gasteiger partial charge in [0.2, 0.25) is 0 Å². The summed E-state index contributed by atoms with van der Waals surface area (Å²) >= 11 is 4.11. The first-order valence-electron chi connectivity index (χ1n) is 2.83. The summed E-state index contributed by atoms with van der Waals surface area (Å²) in [7, 11) is 1.98. The van der Waals surface area contributed by atoms with Crippen molar-refractivity contribution in [3.63, 3.8) is 0 Å². The molecule has 0 atom stereocenters. The van der Waals surface area contributed by atoms with Gasteiger partial charge in [0.05, 0.1) is 5.69 Å². The maximum absolute atomic E-state index is 4.22. The van der Waals surface area contributed by atoms with Crippen LogP contribution in [0.5, 0.6) is 0 Å². The molecule has 0 spiro atoms. The van der Waals surface area contributed by atoms with E-state index in [0.717, 1.165) is 11.5 Å². The number of hydrogen-bond acceptors (Lipinski definition) is 2. The Morgan fingerprint density at radius 1 is 1.78 bits per heavy atom. The maximum Gasteiger partial charge on any atom is 0.118 e. The van der Waals surface area contributed by atoms with Crippen molar-refractivity contribution >= 4 is 12.6 Å². The molecular formula is C6H10N2S. The van der Waals surface area contributed by atoms with Crippen molar-refractivity contribution in [3.05, 3.63) is 17.7 Å². The molecule has 0 aliphatic heterocycles. The fraction of sp³-hybridized carbons (Fsp3) is 0.500. The van der Waals surface area contributed by atoms with Crippen LogP contribution in [-0.4, -0.2) is 9.55 Å². The minimum atomic E-state index is 0.713. The molecule has 2 nitrogen and oxygen atoms in total. The van der Waals surface area contributed by atoms with Crippen molar-refractivity contribution in [2.24, 2.45) is 7.05 Å². The number of hydrogen-bond donors (Lipinski definition) is 1. The summed E-state index contributed by atoms with van der Waals surface area (Å²) in [5.74, 6) is 1.74. The standard InChI is InChI=1S/C6H10N2S/c1-5-3-8(2)6(4-9)7-5/h3,9H,4H2,1-2H3. The molecule has 0 saturated carbocycles. The SMILES string of the molecule is Cc1cn(C)c(CS)n1. The molecule has 9 heavy (non-hydrogen) atoms. The molecule has 1 rings (SSSR count). The molecule has 1 aromatic rings. The average molecular weight is 142 g/mol. The monoisotopic (exact) mass is 142 g/mol. The molecule has 1 aromatic heterocycles. The van der Waals surface area contributed by atoms with E-state index in [-0.39, 0.29) is 0 Å². The third kappa shape index (κ3) is 1.27. The predicted molar refractivity (Wildman–Crippen MR) is 40.6 cm³/mol. The highest BCUT2D eigenvalue weighted by atomic mass is 32.1. The Morgan fingerprint density at radius 2 is 2.44 bits per heavy atom. The van der Waals surface area contributed by atoms with E-state index < -0.39 is 0 Å². The van der Waals surface area contributed by atoms with Gasteiger partial charge >= 0.3 is 0 Å². The summed E-state index contributed by atoms with van der Waals surface area (Å²) in [6.45, 7) is 1.98. The van der Waals surface area contributed by atoms with Crippen LogP contribution < -0.4 is 0 Å². The summed E-state index contributed by atoms with van der Waals surface area (Å²) < 4.78 is 1.99. The lowest BCUT2D eigenvalue weighted by Gasteiger charge is -1.92. The quantitative estimate of drug-likeness (QED) is 0.582. The van der Waals surface area contributed by atoms with Gasteiger partial charge in [-0.15, -0.1) is 0 Å². The van der Waals surface area contributed by atoms with E-state index in [9.17, 15) is 0 Å². The van der Waals surface area contributed by atoms with Crippen molar-refractivity contribution in [3.8, 4) is 0 Å². The first-order valence-corrected chi connectivity index (χ1v) is 3.47. The zero-order chi connectivity index (χ0) is 6.85. The lowest BCUT2D eigenvalue weighted by molar-refractivity contribution is 0.850. The Morgan fingerprint density at radius 3 is 2.67 bits per heavy atom. The highest BCUT2D eigenvalue weighted by molar-refractivity contribution is 7.79. The number of imidazole rings is 1. The van der Waals surface area contributed by atoms with Crippen molar-refractivity contribution in [2.45, 2.75) is 12.7 Å². The number of nitrogens with zero attached hydrogens (tertiary/aromatic N) is 2. The van der Waals surface area contributed by atoms with Crippen LogP contribution in [-0.2, 0) is 12.8 Å². The molecule has 0 fully saturated rings. The normalized spacial score (nSPS) is 10.1. The summed E-state index contributed by atoms with van der Waals surface area (Å²) in [6.07, 6.45) is 1.99. The van der Waals surface area contributed by atoms with Crippen LogP contribution in [0.1, 0.15) is 11.5 Å². The smallest absolute Gasteiger partial charge is 0.118 e. The van der Waals surface area contributed by atoms with Gasteiger partial charge in [-0.3, -0.25) is 0 Å². The highest BCUT2D eigenvalue weighted by Crippen LogP contribution is 2.01. The van der Waals surface area contributed by atoms with Crippen molar-refractivity contribution in [1.82, 2.24) is 9.55 Å². The van der Waals surface area contributed by atoms with Crippen LogP contribution in [0.2, 0.25) is 0 Å². The van der Waals surface area contributed by atoms with Gasteiger partial charge < -0.3 is 4.57 Å². The van der Waals surface area contributed by atoms with Gasteiger partial charge in [-0.05, 0) is 6.92 Å². The molecule has 0 aliphatic rings. The van der Waals surface area contributed by atoms with Crippen LogP contribution in [0.15, 0.2) is 6.20 Å². The minimum Gasteiger partial charge on any atom is -0.337 e. The van der Waals surface area contributed by atoms with Crippen molar-refractivity contribution in [1.29, 1.82) is 0 Å². The molecule has 0 N–H and O–H groups in total. The van der Waals surface area contributed by atoms with E-state index in [0.29, 0.717) is 5.75 Å². The summed E-state index contributed by atoms with van der Waals surface area (Å²) in [4.78, 5) is 4.22. The maximum atomic E-state index is 4.22. The fourth-order valence-electron chi connectivity index (χ4n) is 0.813. The first kappa shape index (κ1) is 6.68. The summed E-state index contributed by atoms with van der Waals surface area (Å²) in [5, 5.41) is 0. The van der Waals surface area contributed by atoms with E-state index >= 15 is 0 Å². The molecule has 0 bridgehead atoms. The second-order valence-electron chi connectivity index (χ2n) is 2.07. The predicted octanol–water partition coefficient (Wildman–Crippen LogP) is 1.16. The molecule has 0 aromatic carbocycles. The largest absolute Gasteiger partial charge is 0.337 e. The minimum absolute atomic E-state index is 0.713. The summed E-state index contributed by atoms with van der Waals surface area (Å²) in [5.41, 5.74) is 1.06. The molecule has 0 saturated heterocycles. The Hall–Kier alpha value is -0.440. The molecule has 0 radical (unpaired) electrons. The lowest BCUT2D eigenvalue weighted by atomic mass is 10.6. The van der Waals surface area contributed by atoms with E-state index in [1.807, 2.05) is 24.7 Å². The van der Waals surface area contributed by atoms with Gasteiger partial charge in [0.15, 0.2) is 0 Å². The Labute approximate surface area is 60.3 Å². The third-order valence-corrected chi connectivity index (χ3v) is 1.52. The van der Waals surface area contributed by atoms with Crippen LogP contribution in [0.25, 0.3) is 0 Å². The van der Waals surface area contributed by atoms with Crippen LogP contribution in [0.3, 0.4) is 0 Å². The van der Waals surface area contributed by atoms with Gasteiger partial charge in [0.1, 0.15) is 5.82 Å². The highest BCUT2D eigenvalue weighted by Gasteiger charge is 1.96. The Kier molecular flexibility index (Phi) is 1.81. The lowest BCUT2D eigenvalue weighted by Crippen LogP contribution is -1.91. The third-order valence-electron chi connectivity index (χ3n) is 1.23. The van der Waals surface area contributed by atoms with Crippen molar-refractivity contribution < 1.29 is 0 Å². The van der Waals surface area contributed by atoms with Crippen LogP contribution >= 0.6 is 12.6 Å². The molecule has 1 heterocycles. The molecule has 3 heteroatoms.